The highest BCUT2D eigenvalue weighted by atomic mass is 79.9. The van der Waals surface area contributed by atoms with Gasteiger partial charge in [-0.2, -0.15) is 0 Å². The Morgan fingerprint density at radius 2 is 1.94 bits per heavy atom. The van der Waals surface area contributed by atoms with Crippen molar-refractivity contribution in [3.63, 3.8) is 0 Å². The number of nitrogens with zero attached hydrogens (tertiary/aromatic N) is 1. The zero-order valence-electron chi connectivity index (χ0n) is 9.97. The Balaban J connectivity index is 2.34. The summed E-state index contributed by atoms with van der Waals surface area (Å²) in [4.78, 5) is 4.74. The molecule has 1 aromatic heterocycles. The van der Waals surface area contributed by atoms with Crippen LogP contribution in [0, 0.1) is 0 Å². The molecule has 1 heterocycles. The van der Waals surface area contributed by atoms with E-state index in [1.54, 1.807) is 0 Å². The maximum Gasteiger partial charge on any atom is 0.0913 e. The summed E-state index contributed by atoms with van der Waals surface area (Å²) < 4.78 is 0.946. The summed E-state index contributed by atoms with van der Waals surface area (Å²) in [6.45, 7) is 0. The first-order valence-corrected chi connectivity index (χ1v) is 7.40. The highest BCUT2D eigenvalue weighted by Gasteiger charge is 2.17. The van der Waals surface area contributed by atoms with Gasteiger partial charge in [0, 0.05) is 21.2 Å². The zero-order chi connectivity index (χ0) is 12.7. The molecule has 1 aliphatic carbocycles. The van der Waals surface area contributed by atoms with E-state index in [0.29, 0.717) is 5.02 Å². The number of nitrogen functional groups attached to an aromatic ring is 1. The molecule has 0 saturated carbocycles. The molecule has 1 aromatic carbocycles. The summed E-state index contributed by atoms with van der Waals surface area (Å²) in [6.07, 6.45) is 5.70. The van der Waals surface area contributed by atoms with Crippen molar-refractivity contribution in [3.8, 4) is 0 Å². The van der Waals surface area contributed by atoms with Crippen LogP contribution in [0.25, 0.3) is 10.9 Å². The number of fused-ring (bicyclic) bond motifs is 2. The van der Waals surface area contributed by atoms with Crippen LogP contribution in [0.1, 0.15) is 30.5 Å². The largest absolute Gasteiger partial charge is 0.398 e. The summed E-state index contributed by atoms with van der Waals surface area (Å²) in [5, 5.41) is 1.63. The van der Waals surface area contributed by atoms with E-state index >= 15 is 0 Å². The minimum absolute atomic E-state index is 0.665. The van der Waals surface area contributed by atoms with Gasteiger partial charge in [0.1, 0.15) is 0 Å². The number of benzene rings is 1. The van der Waals surface area contributed by atoms with Gasteiger partial charge in [-0.25, -0.2) is 0 Å². The van der Waals surface area contributed by atoms with Crippen LogP contribution in [0.3, 0.4) is 0 Å². The number of anilines is 1. The lowest BCUT2D eigenvalue weighted by Crippen LogP contribution is -2.03. The Hall–Kier alpha value is -0.800. The lowest BCUT2D eigenvalue weighted by molar-refractivity contribution is 0.709. The molecule has 18 heavy (non-hydrogen) atoms. The van der Waals surface area contributed by atoms with Crippen molar-refractivity contribution in [1.29, 1.82) is 0 Å². The summed E-state index contributed by atoms with van der Waals surface area (Å²) in [7, 11) is 0. The molecular formula is C14H14BrClN2. The summed E-state index contributed by atoms with van der Waals surface area (Å²) in [6, 6.07) is 3.88. The van der Waals surface area contributed by atoms with Gasteiger partial charge in [-0.3, -0.25) is 4.98 Å². The minimum atomic E-state index is 0.665. The lowest BCUT2D eigenvalue weighted by Gasteiger charge is -2.13. The molecule has 2 N–H and O–H groups in total. The molecule has 4 heteroatoms. The molecule has 3 rings (SSSR count). The first-order valence-electron chi connectivity index (χ1n) is 6.23. The lowest BCUT2D eigenvalue weighted by atomic mass is 10.0. The van der Waals surface area contributed by atoms with Crippen LogP contribution >= 0.6 is 27.5 Å². The average Bonchev–Trinajstić information content (AvgIpc) is 2.56. The fraction of sp³-hybridized carbons (Fsp3) is 0.357. The molecule has 0 bridgehead atoms. The normalized spacial score (nSPS) is 15.4. The van der Waals surface area contributed by atoms with Crippen molar-refractivity contribution in [2.24, 2.45) is 0 Å². The number of halogens is 2. The summed E-state index contributed by atoms with van der Waals surface area (Å²) >= 11 is 9.73. The Morgan fingerprint density at radius 1 is 1.17 bits per heavy atom. The molecule has 0 atom stereocenters. The average molecular weight is 326 g/mol. The third-order valence-electron chi connectivity index (χ3n) is 3.58. The molecule has 0 radical (unpaired) electrons. The van der Waals surface area contributed by atoms with Gasteiger partial charge in [-0.1, -0.05) is 34.0 Å². The standard InChI is InChI=1S/C14H14BrClN2/c15-8-6-10-13(17)9-4-2-1-3-5-12(9)18-14(10)11(16)7-8/h6-7H,1-5H2,(H2,17,18). The first kappa shape index (κ1) is 12.2. The van der Waals surface area contributed by atoms with E-state index < -0.39 is 0 Å². The van der Waals surface area contributed by atoms with Crippen LogP contribution in [0.15, 0.2) is 16.6 Å². The zero-order valence-corrected chi connectivity index (χ0v) is 12.3. The topological polar surface area (TPSA) is 38.9 Å². The quantitative estimate of drug-likeness (QED) is 0.724. The van der Waals surface area contributed by atoms with Gasteiger partial charge in [-0.05, 0) is 43.4 Å². The number of rotatable bonds is 0. The van der Waals surface area contributed by atoms with E-state index in [2.05, 4.69) is 15.9 Å². The number of pyridine rings is 1. The fourth-order valence-corrected chi connectivity index (χ4v) is 3.51. The monoisotopic (exact) mass is 324 g/mol. The Bertz CT molecular complexity index is 625. The summed E-state index contributed by atoms with van der Waals surface area (Å²) in [5.74, 6) is 0. The maximum atomic E-state index is 6.33. The van der Waals surface area contributed by atoms with Crippen molar-refractivity contribution in [2.45, 2.75) is 32.1 Å². The maximum absolute atomic E-state index is 6.33. The number of hydrogen-bond acceptors (Lipinski definition) is 2. The van der Waals surface area contributed by atoms with Gasteiger partial charge >= 0.3 is 0 Å². The highest BCUT2D eigenvalue weighted by Crippen LogP contribution is 2.35. The SMILES string of the molecule is Nc1c2c(nc3c(Cl)cc(Br)cc13)CCCCC2. The molecule has 2 aromatic rings. The molecular weight excluding hydrogens is 312 g/mol. The van der Waals surface area contributed by atoms with Gasteiger partial charge in [0.25, 0.3) is 0 Å². The van der Waals surface area contributed by atoms with Crippen LogP contribution < -0.4 is 5.73 Å². The van der Waals surface area contributed by atoms with E-state index in [0.717, 1.165) is 39.6 Å². The van der Waals surface area contributed by atoms with Crippen LogP contribution in [0.4, 0.5) is 5.69 Å². The van der Waals surface area contributed by atoms with Crippen molar-refractivity contribution < 1.29 is 0 Å². The second-order valence-corrected chi connectivity index (χ2v) is 6.12. The van der Waals surface area contributed by atoms with Crippen molar-refractivity contribution in [2.75, 3.05) is 5.73 Å². The highest BCUT2D eigenvalue weighted by molar-refractivity contribution is 9.10. The van der Waals surface area contributed by atoms with Gasteiger partial charge < -0.3 is 5.73 Å². The van der Waals surface area contributed by atoms with Gasteiger partial charge in [0.15, 0.2) is 0 Å². The Morgan fingerprint density at radius 3 is 2.78 bits per heavy atom. The van der Waals surface area contributed by atoms with E-state index in [-0.39, 0.29) is 0 Å². The van der Waals surface area contributed by atoms with Crippen LogP contribution in [-0.2, 0) is 12.8 Å². The second kappa shape index (κ2) is 4.71. The molecule has 2 nitrogen and oxygen atoms in total. The molecule has 0 unspecified atom stereocenters. The van der Waals surface area contributed by atoms with E-state index in [1.807, 2.05) is 12.1 Å². The number of aromatic nitrogens is 1. The molecule has 0 aliphatic heterocycles. The van der Waals surface area contributed by atoms with Crippen molar-refractivity contribution in [1.82, 2.24) is 4.98 Å². The van der Waals surface area contributed by atoms with Gasteiger partial charge in [-0.15, -0.1) is 0 Å². The number of aryl methyl sites for hydroxylation is 1. The third-order valence-corrected chi connectivity index (χ3v) is 4.32. The Labute approximate surface area is 120 Å². The smallest absolute Gasteiger partial charge is 0.0913 e. The van der Waals surface area contributed by atoms with Crippen LogP contribution in [0.2, 0.25) is 5.02 Å². The van der Waals surface area contributed by atoms with E-state index in [4.69, 9.17) is 22.3 Å². The van der Waals surface area contributed by atoms with Crippen LogP contribution in [-0.4, -0.2) is 4.98 Å². The fourth-order valence-electron chi connectivity index (χ4n) is 2.66. The predicted octanol–water partition coefficient (Wildman–Crippen LogP) is 4.50. The third kappa shape index (κ3) is 1.99. The van der Waals surface area contributed by atoms with Gasteiger partial charge in [0.2, 0.25) is 0 Å². The molecule has 0 spiro atoms. The van der Waals surface area contributed by atoms with Crippen molar-refractivity contribution in [3.05, 3.63) is 32.9 Å². The second-order valence-electron chi connectivity index (χ2n) is 4.80. The van der Waals surface area contributed by atoms with E-state index in [1.165, 1.54) is 24.8 Å². The molecule has 0 amide bonds. The summed E-state index contributed by atoms with van der Waals surface area (Å²) in [5.41, 5.74) is 10.4. The molecule has 1 aliphatic rings. The molecule has 0 fully saturated rings. The molecule has 0 saturated heterocycles. The van der Waals surface area contributed by atoms with E-state index in [9.17, 15) is 0 Å². The van der Waals surface area contributed by atoms with Crippen molar-refractivity contribution >= 4 is 44.1 Å². The number of hydrogen-bond donors (Lipinski definition) is 1. The Kier molecular flexibility index (Phi) is 3.20. The predicted molar refractivity (Wildman–Crippen MR) is 80.1 cm³/mol. The van der Waals surface area contributed by atoms with Crippen LogP contribution in [0.5, 0.6) is 0 Å². The number of nitrogens with two attached hydrogens (primary N) is 1. The molecule has 94 valence electrons. The van der Waals surface area contributed by atoms with Gasteiger partial charge in [0.05, 0.1) is 10.5 Å². The first-order chi connectivity index (χ1) is 8.66. The minimum Gasteiger partial charge on any atom is -0.398 e.